The number of benzene rings is 1. The lowest BCUT2D eigenvalue weighted by atomic mass is 9.47. The number of carbonyl (C=O) groups is 2. The van der Waals surface area contributed by atoms with Crippen LogP contribution in [0, 0.1) is 34.5 Å². The molecule has 0 aromatic heterocycles. The normalized spacial score (nSPS) is 38.9. The summed E-state index contributed by atoms with van der Waals surface area (Å²) in [4.78, 5) is 24.8. The van der Waals surface area contributed by atoms with Crippen LogP contribution in [0.5, 0.6) is 0 Å². The Hall–Kier alpha value is -2.72. The molecule has 5 nitrogen and oxygen atoms in total. The molecule has 0 bridgehead atoms. The van der Waals surface area contributed by atoms with Gasteiger partial charge in [0.1, 0.15) is 12.2 Å². The van der Waals surface area contributed by atoms with E-state index in [1.807, 2.05) is 13.0 Å². The van der Waals surface area contributed by atoms with E-state index in [1.165, 1.54) is 5.57 Å². The van der Waals surface area contributed by atoms with Crippen molar-refractivity contribution in [3.05, 3.63) is 47.5 Å². The number of alkyl halides is 6. The molecular formula is C32H36F6O5. The van der Waals surface area contributed by atoms with Crippen molar-refractivity contribution in [2.75, 3.05) is 0 Å². The SMILES string of the molecule is C[C@]12CC[C@H]3[C@@H](CC=C4C[C@@H](OC(=O)c5ccccc5)CC[C@@]43C)[C@@H]1CC[C@H]2[C@H]1CC(C(F)(F)F)(C(F)(F)F)OC(=O)O1. The molecule has 8 atom stereocenters. The number of hydrogen-bond donors (Lipinski definition) is 0. The van der Waals surface area contributed by atoms with Gasteiger partial charge in [-0.1, -0.05) is 43.7 Å². The molecule has 4 fully saturated rings. The van der Waals surface area contributed by atoms with Gasteiger partial charge in [-0.2, -0.15) is 26.3 Å². The van der Waals surface area contributed by atoms with E-state index in [9.17, 15) is 35.9 Å². The van der Waals surface area contributed by atoms with Gasteiger partial charge < -0.3 is 14.2 Å². The lowest BCUT2D eigenvalue weighted by Gasteiger charge is -2.58. The summed E-state index contributed by atoms with van der Waals surface area (Å²) in [5.41, 5.74) is -3.50. The third kappa shape index (κ3) is 4.74. The summed E-state index contributed by atoms with van der Waals surface area (Å²) in [5, 5.41) is 0. The quantitative estimate of drug-likeness (QED) is 0.194. The van der Waals surface area contributed by atoms with Crippen LogP contribution in [0.3, 0.4) is 0 Å². The van der Waals surface area contributed by atoms with Crippen LogP contribution in [0.15, 0.2) is 42.0 Å². The minimum atomic E-state index is -5.83. The monoisotopic (exact) mass is 614 g/mol. The zero-order valence-electron chi connectivity index (χ0n) is 24.1. The third-order valence-corrected chi connectivity index (χ3v) is 11.8. The van der Waals surface area contributed by atoms with E-state index in [0.29, 0.717) is 37.2 Å². The fourth-order valence-electron chi connectivity index (χ4n) is 9.56. The molecular weight excluding hydrogens is 578 g/mol. The van der Waals surface area contributed by atoms with Gasteiger partial charge in [0, 0.05) is 18.8 Å². The minimum Gasteiger partial charge on any atom is -0.458 e. The highest BCUT2D eigenvalue weighted by Gasteiger charge is 2.77. The molecule has 1 aromatic rings. The predicted molar refractivity (Wildman–Crippen MR) is 142 cm³/mol. The van der Waals surface area contributed by atoms with Gasteiger partial charge in [-0.25, -0.2) is 9.59 Å². The van der Waals surface area contributed by atoms with E-state index in [0.717, 1.165) is 25.7 Å². The van der Waals surface area contributed by atoms with Gasteiger partial charge >= 0.3 is 30.1 Å². The number of halogens is 6. The number of rotatable bonds is 3. The maximum atomic E-state index is 13.9. The lowest BCUT2D eigenvalue weighted by Crippen LogP contribution is -2.65. The summed E-state index contributed by atoms with van der Waals surface area (Å²) in [7, 11) is 0. The molecule has 0 N–H and O–H groups in total. The van der Waals surface area contributed by atoms with Crippen molar-refractivity contribution < 1.29 is 50.1 Å². The molecule has 1 saturated heterocycles. The summed E-state index contributed by atoms with van der Waals surface area (Å²) in [6.45, 7) is 4.21. The Labute approximate surface area is 246 Å². The fraction of sp³-hybridized carbons (Fsp3) is 0.688. The van der Waals surface area contributed by atoms with Gasteiger partial charge in [0.25, 0.3) is 0 Å². The Morgan fingerprint density at radius 3 is 2.26 bits per heavy atom. The molecule has 1 aromatic carbocycles. The van der Waals surface area contributed by atoms with E-state index >= 15 is 0 Å². The third-order valence-electron chi connectivity index (χ3n) is 11.8. The first kappa shape index (κ1) is 30.3. The molecule has 236 valence electrons. The second-order valence-electron chi connectivity index (χ2n) is 13.7. The van der Waals surface area contributed by atoms with E-state index in [4.69, 9.17) is 9.47 Å². The highest BCUT2D eigenvalue weighted by molar-refractivity contribution is 5.89. The van der Waals surface area contributed by atoms with Crippen molar-refractivity contribution >= 4 is 12.1 Å². The molecule has 43 heavy (non-hydrogen) atoms. The second-order valence-corrected chi connectivity index (χ2v) is 13.7. The molecule has 5 aliphatic rings. The van der Waals surface area contributed by atoms with Crippen LogP contribution in [-0.2, 0) is 14.2 Å². The Bertz CT molecular complexity index is 1280. The Morgan fingerprint density at radius 2 is 1.58 bits per heavy atom. The van der Waals surface area contributed by atoms with E-state index in [2.05, 4.69) is 17.7 Å². The summed E-state index contributed by atoms with van der Waals surface area (Å²) < 4.78 is 98.2. The maximum Gasteiger partial charge on any atom is 0.509 e. The van der Waals surface area contributed by atoms with Gasteiger partial charge in [-0.05, 0) is 85.7 Å². The van der Waals surface area contributed by atoms with E-state index in [-0.39, 0.29) is 29.3 Å². The van der Waals surface area contributed by atoms with Gasteiger partial charge in [0.05, 0.1) is 5.56 Å². The molecule has 6 rings (SSSR count). The van der Waals surface area contributed by atoms with Crippen LogP contribution in [0.25, 0.3) is 0 Å². The molecule has 0 unspecified atom stereocenters. The van der Waals surface area contributed by atoms with Crippen LogP contribution in [-0.4, -0.2) is 42.3 Å². The van der Waals surface area contributed by atoms with E-state index in [1.54, 1.807) is 24.3 Å². The first-order chi connectivity index (χ1) is 20.1. The van der Waals surface area contributed by atoms with Crippen molar-refractivity contribution in [2.24, 2.45) is 34.5 Å². The average Bonchev–Trinajstić information content (AvgIpc) is 3.29. The van der Waals surface area contributed by atoms with Crippen molar-refractivity contribution in [1.82, 2.24) is 0 Å². The van der Waals surface area contributed by atoms with E-state index < -0.39 is 48.0 Å². The number of ether oxygens (including phenoxy) is 3. The molecule has 1 aliphatic heterocycles. The maximum absolute atomic E-state index is 13.9. The zero-order chi connectivity index (χ0) is 31.0. The Kier molecular flexibility index (Phi) is 7.16. The van der Waals surface area contributed by atoms with Gasteiger partial charge in [-0.15, -0.1) is 0 Å². The highest BCUT2D eigenvalue weighted by atomic mass is 19.4. The number of esters is 1. The number of carbonyl (C=O) groups excluding carboxylic acids is 2. The molecule has 0 amide bonds. The predicted octanol–water partition coefficient (Wildman–Crippen LogP) is 8.58. The van der Waals surface area contributed by atoms with Gasteiger partial charge in [0.2, 0.25) is 0 Å². The summed E-state index contributed by atoms with van der Waals surface area (Å²) in [6.07, 6.45) is -9.21. The summed E-state index contributed by atoms with van der Waals surface area (Å²) >= 11 is 0. The lowest BCUT2D eigenvalue weighted by molar-refractivity contribution is -0.387. The molecule has 3 saturated carbocycles. The van der Waals surface area contributed by atoms with Gasteiger partial charge in [-0.3, -0.25) is 0 Å². The minimum absolute atomic E-state index is 0.0761. The molecule has 11 heteroatoms. The second kappa shape index (κ2) is 10.2. The van der Waals surface area contributed by atoms with Crippen LogP contribution in [0.4, 0.5) is 31.1 Å². The highest BCUT2D eigenvalue weighted by Crippen LogP contribution is 2.68. The van der Waals surface area contributed by atoms with Crippen LogP contribution in [0.2, 0.25) is 0 Å². The van der Waals surface area contributed by atoms with Crippen molar-refractivity contribution in [2.45, 2.75) is 102 Å². The number of allylic oxidation sites excluding steroid dienone is 1. The number of cyclic esters (lactones) is 2. The van der Waals surface area contributed by atoms with Crippen molar-refractivity contribution in [3.8, 4) is 0 Å². The Morgan fingerprint density at radius 1 is 0.907 bits per heavy atom. The first-order valence-corrected chi connectivity index (χ1v) is 15.1. The topological polar surface area (TPSA) is 61.8 Å². The van der Waals surface area contributed by atoms with Crippen molar-refractivity contribution in [3.63, 3.8) is 0 Å². The molecule has 0 radical (unpaired) electrons. The summed E-state index contributed by atoms with van der Waals surface area (Å²) in [6, 6.07) is 8.86. The molecule has 4 aliphatic carbocycles. The molecule has 0 spiro atoms. The largest absolute Gasteiger partial charge is 0.509 e. The average molecular weight is 615 g/mol. The first-order valence-electron chi connectivity index (χ1n) is 15.1. The summed E-state index contributed by atoms with van der Waals surface area (Å²) in [5.74, 6) is -0.389. The zero-order valence-corrected chi connectivity index (χ0v) is 24.1. The standard InChI is InChI=1S/C32H36F6O5/c1-28-14-12-20(41-26(39)18-6-4-3-5-7-18)16-19(28)8-9-21-22-10-11-24(29(22,2)15-13-23(21)28)25-17-30(31(33,34)35,32(36,37)38)43-27(40)42-25/h3-8,20-25H,9-17H2,1-2H3/t20-,21-,22-,23-,24-,25+,28-,29-/m0/s1. The van der Waals surface area contributed by atoms with Crippen LogP contribution < -0.4 is 0 Å². The fourth-order valence-corrected chi connectivity index (χ4v) is 9.56. The van der Waals surface area contributed by atoms with Crippen LogP contribution in [0.1, 0.15) is 82.0 Å². The van der Waals surface area contributed by atoms with Gasteiger partial charge in [0.15, 0.2) is 0 Å². The van der Waals surface area contributed by atoms with Crippen molar-refractivity contribution in [1.29, 1.82) is 0 Å². The van der Waals surface area contributed by atoms with Crippen LogP contribution >= 0.6 is 0 Å². The molecule has 1 heterocycles. The Balaban J connectivity index is 1.20. The smallest absolute Gasteiger partial charge is 0.458 e. The number of hydrogen-bond acceptors (Lipinski definition) is 5. The number of fused-ring (bicyclic) bond motifs is 5.